The van der Waals surface area contributed by atoms with Gasteiger partial charge in [0.05, 0.1) is 19.0 Å². The van der Waals surface area contributed by atoms with Crippen LogP contribution in [0.5, 0.6) is 0 Å². The van der Waals surface area contributed by atoms with Crippen LogP contribution in [0.2, 0.25) is 0 Å². The third-order valence-electron chi connectivity index (χ3n) is 1.94. The molecule has 17 heavy (non-hydrogen) atoms. The molecule has 0 saturated heterocycles. The molecule has 0 aromatic heterocycles. The van der Waals surface area contributed by atoms with Crippen LogP contribution in [0.4, 0.5) is 0 Å². The summed E-state index contributed by atoms with van der Waals surface area (Å²) in [6, 6.07) is 0. The zero-order chi connectivity index (χ0) is 13.1. The van der Waals surface area contributed by atoms with Crippen LogP contribution >= 0.6 is 11.8 Å². The zero-order valence-electron chi connectivity index (χ0n) is 10.4. The molecule has 1 atom stereocenters. The summed E-state index contributed by atoms with van der Waals surface area (Å²) >= 11 is 1.40. The molecule has 0 spiro atoms. The van der Waals surface area contributed by atoms with E-state index in [4.69, 9.17) is 9.84 Å². The van der Waals surface area contributed by atoms with Crippen LogP contribution in [0.25, 0.3) is 0 Å². The minimum Gasteiger partial charge on any atom is -0.466 e. The summed E-state index contributed by atoms with van der Waals surface area (Å²) in [5.74, 6) is 0.0328. The number of hydrogen-bond acceptors (Lipinski definition) is 5. The Hall–Kier alpha value is -0.750. The maximum atomic E-state index is 11.3. The highest BCUT2D eigenvalue weighted by Gasteiger charge is 2.06. The molecule has 0 aromatic carbocycles. The zero-order valence-corrected chi connectivity index (χ0v) is 11.2. The second-order valence-corrected chi connectivity index (χ2v) is 4.99. The van der Waals surface area contributed by atoms with E-state index in [0.717, 1.165) is 0 Å². The SMILES string of the molecule is CCOC(=O)CCCNC(=O)CSC(C)CO. The summed E-state index contributed by atoms with van der Waals surface area (Å²) in [7, 11) is 0. The summed E-state index contributed by atoms with van der Waals surface area (Å²) in [5.41, 5.74) is 0. The van der Waals surface area contributed by atoms with Crippen molar-refractivity contribution >= 4 is 23.6 Å². The smallest absolute Gasteiger partial charge is 0.305 e. The molecule has 0 aliphatic carbocycles. The summed E-state index contributed by atoms with van der Waals surface area (Å²) in [5, 5.41) is 11.5. The molecule has 6 heteroatoms. The monoisotopic (exact) mass is 263 g/mol. The fraction of sp³-hybridized carbons (Fsp3) is 0.818. The number of hydrogen-bond donors (Lipinski definition) is 2. The summed E-state index contributed by atoms with van der Waals surface area (Å²) in [4.78, 5) is 22.3. The quantitative estimate of drug-likeness (QED) is 0.469. The molecule has 0 aliphatic heterocycles. The van der Waals surface area contributed by atoms with Crippen LogP contribution < -0.4 is 5.32 Å². The molecule has 0 aliphatic rings. The van der Waals surface area contributed by atoms with Gasteiger partial charge < -0.3 is 15.2 Å². The number of carbonyl (C=O) groups is 2. The van der Waals surface area contributed by atoms with E-state index < -0.39 is 0 Å². The van der Waals surface area contributed by atoms with Gasteiger partial charge in [-0.25, -0.2) is 0 Å². The molecule has 0 saturated carbocycles. The van der Waals surface area contributed by atoms with E-state index in [2.05, 4.69) is 5.32 Å². The van der Waals surface area contributed by atoms with E-state index in [1.54, 1.807) is 6.92 Å². The molecule has 0 bridgehead atoms. The first-order valence-electron chi connectivity index (χ1n) is 5.75. The van der Waals surface area contributed by atoms with E-state index in [9.17, 15) is 9.59 Å². The fourth-order valence-electron chi connectivity index (χ4n) is 1.02. The van der Waals surface area contributed by atoms with Crippen LogP contribution in [0.1, 0.15) is 26.7 Å². The van der Waals surface area contributed by atoms with Crippen molar-refractivity contribution in [3.05, 3.63) is 0 Å². The Morgan fingerprint density at radius 3 is 2.76 bits per heavy atom. The topological polar surface area (TPSA) is 75.6 Å². The van der Waals surface area contributed by atoms with Gasteiger partial charge in [-0.3, -0.25) is 9.59 Å². The number of aliphatic hydroxyl groups excluding tert-OH is 1. The minimum absolute atomic E-state index is 0.0697. The molecule has 0 heterocycles. The molecular formula is C11H21NO4S. The summed E-state index contributed by atoms with van der Waals surface area (Å²) < 4.78 is 4.76. The van der Waals surface area contributed by atoms with Crippen molar-refractivity contribution in [2.24, 2.45) is 0 Å². The number of thioether (sulfide) groups is 1. The number of esters is 1. The van der Waals surface area contributed by atoms with E-state index in [-0.39, 0.29) is 23.7 Å². The van der Waals surface area contributed by atoms with Crippen LogP contribution in [-0.2, 0) is 14.3 Å². The standard InChI is InChI=1S/C11H21NO4S/c1-3-16-11(15)5-4-6-12-10(14)8-17-9(2)7-13/h9,13H,3-8H2,1-2H3,(H,12,14). The average Bonchev–Trinajstić information content (AvgIpc) is 2.32. The predicted octanol–water partition coefficient (Wildman–Crippen LogP) is 0.560. The van der Waals surface area contributed by atoms with Gasteiger partial charge in [0.25, 0.3) is 0 Å². The van der Waals surface area contributed by atoms with Gasteiger partial charge in [0.1, 0.15) is 0 Å². The van der Waals surface area contributed by atoms with Gasteiger partial charge in [-0.05, 0) is 13.3 Å². The van der Waals surface area contributed by atoms with Crippen molar-refractivity contribution in [2.45, 2.75) is 31.9 Å². The minimum atomic E-state index is -0.231. The van der Waals surface area contributed by atoms with Crippen molar-refractivity contribution in [2.75, 3.05) is 25.5 Å². The Morgan fingerprint density at radius 1 is 1.47 bits per heavy atom. The molecule has 0 rings (SSSR count). The summed E-state index contributed by atoms with van der Waals surface area (Å²) in [6.07, 6.45) is 0.916. The van der Waals surface area contributed by atoms with Gasteiger partial charge in [0, 0.05) is 18.2 Å². The summed E-state index contributed by atoms with van der Waals surface area (Å²) in [6.45, 7) is 4.56. The third-order valence-corrected chi connectivity index (χ3v) is 3.09. The maximum absolute atomic E-state index is 11.3. The first-order chi connectivity index (χ1) is 8.10. The third kappa shape index (κ3) is 10.1. The van der Waals surface area contributed by atoms with E-state index >= 15 is 0 Å². The van der Waals surface area contributed by atoms with E-state index in [1.165, 1.54) is 11.8 Å². The molecule has 0 fully saturated rings. The van der Waals surface area contributed by atoms with Gasteiger partial charge in [0.2, 0.25) is 5.91 Å². The van der Waals surface area contributed by atoms with Crippen molar-refractivity contribution in [1.29, 1.82) is 0 Å². The van der Waals surface area contributed by atoms with Gasteiger partial charge in [0.15, 0.2) is 0 Å². The average molecular weight is 263 g/mol. The molecule has 0 radical (unpaired) electrons. The van der Waals surface area contributed by atoms with Gasteiger partial charge in [-0.15, -0.1) is 11.8 Å². The van der Waals surface area contributed by atoms with Crippen molar-refractivity contribution in [3.63, 3.8) is 0 Å². The molecular weight excluding hydrogens is 242 g/mol. The van der Waals surface area contributed by atoms with E-state index in [0.29, 0.717) is 31.7 Å². The number of rotatable bonds is 9. The first kappa shape index (κ1) is 16.2. The largest absolute Gasteiger partial charge is 0.466 e. The molecule has 5 nitrogen and oxygen atoms in total. The van der Waals surface area contributed by atoms with Crippen LogP contribution in [-0.4, -0.2) is 47.7 Å². The maximum Gasteiger partial charge on any atom is 0.305 e. The molecule has 0 aromatic rings. The number of amides is 1. The Kier molecular flexibility index (Phi) is 9.95. The second-order valence-electron chi connectivity index (χ2n) is 3.56. The normalized spacial score (nSPS) is 11.9. The lowest BCUT2D eigenvalue weighted by atomic mass is 10.3. The molecule has 2 N–H and O–H groups in total. The van der Waals surface area contributed by atoms with Gasteiger partial charge in [-0.2, -0.15) is 0 Å². The predicted molar refractivity (Wildman–Crippen MR) is 67.9 cm³/mol. The Balaban J connectivity index is 3.42. The lowest BCUT2D eigenvalue weighted by Crippen LogP contribution is -2.27. The van der Waals surface area contributed by atoms with Gasteiger partial charge >= 0.3 is 5.97 Å². The highest BCUT2D eigenvalue weighted by Crippen LogP contribution is 2.08. The van der Waals surface area contributed by atoms with Gasteiger partial charge in [-0.1, -0.05) is 6.92 Å². The number of nitrogens with one attached hydrogen (secondary N) is 1. The van der Waals surface area contributed by atoms with Crippen LogP contribution in [0, 0.1) is 0 Å². The van der Waals surface area contributed by atoms with Crippen LogP contribution in [0.3, 0.4) is 0 Å². The second kappa shape index (κ2) is 10.4. The first-order valence-corrected chi connectivity index (χ1v) is 6.79. The van der Waals surface area contributed by atoms with Crippen molar-refractivity contribution in [3.8, 4) is 0 Å². The lowest BCUT2D eigenvalue weighted by molar-refractivity contribution is -0.143. The highest BCUT2D eigenvalue weighted by atomic mass is 32.2. The number of aliphatic hydroxyl groups is 1. The Bertz CT molecular complexity index is 236. The number of carbonyl (C=O) groups excluding carboxylic acids is 2. The number of ether oxygens (including phenoxy) is 1. The Labute approximate surface area is 106 Å². The Morgan fingerprint density at radius 2 is 2.18 bits per heavy atom. The molecule has 1 unspecified atom stereocenters. The lowest BCUT2D eigenvalue weighted by Gasteiger charge is -2.08. The highest BCUT2D eigenvalue weighted by molar-refractivity contribution is 8.00. The van der Waals surface area contributed by atoms with Crippen molar-refractivity contribution in [1.82, 2.24) is 5.32 Å². The fourth-order valence-corrected chi connectivity index (χ4v) is 1.66. The van der Waals surface area contributed by atoms with Crippen molar-refractivity contribution < 1.29 is 19.4 Å². The van der Waals surface area contributed by atoms with E-state index in [1.807, 2.05) is 6.92 Å². The molecule has 1 amide bonds. The molecule has 100 valence electrons. The van der Waals surface area contributed by atoms with Crippen LogP contribution in [0.15, 0.2) is 0 Å².